The van der Waals surface area contributed by atoms with Crippen molar-refractivity contribution in [1.29, 1.82) is 0 Å². The Kier molecular flexibility index (Phi) is 6.26. The van der Waals surface area contributed by atoms with Crippen LogP contribution < -0.4 is 4.90 Å². The first-order valence-corrected chi connectivity index (χ1v) is 14.1. The second-order valence-corrected chi connectivity index (χ2v) is 12.7. The number of thiophene rings is 1. The van der Waals surface area contributed by atoms with E-state index < -0.39 is 0 Å². The number of nitrogens with zero attached hydrogens (tertiary/aromatic N) is 4. The van der Waals surface area contributed by atoms with E-state index in [-0.39, 0.29) is 24.2 Å². The van der Waals surface area contributed by atoms with Gasteiger partial charge in [-0.2, -0.15) is 0 Å². The molecule has 0 N–H and O–H groups in total. The van der Waals surface area contributed by atoms with E-state index in [4.69, 9.17) is 11.6 Å². The standard InChI is InChI=1S/C28H29ClN4O2S.ClH/c1-31-15-28(16-31)12-19(13-28)32-8-2-3-17-9-18(29)10-22(26(17)32)21-6-7-30-23-11-20(36-27(21)23)14-33-24(34)4-5-25(33)35;/h6-7,9-11,19H,2-5,8,12-16H2,1H3;1H. The highest BCUT2D eigenvalue weighted by Gasteiger charge is 2.53. The number of hydrogen-bond donors (Lipinski definition) is 0. The summed E-state index contributed by atoms with van der Waals surface area (Å²) in [6.07, 6.45) is 7.24. The third-order valence-corrected chi connectivity index (χ3v) is 9.86. The topological polar surface area (TPSA) is 56.8 Å². The molecule has 194 valence electrons. The first kappa shape index (κ1) is 25.1. The van der Waals surface area contributed by atoms with Crippen molar-refractivity contribution in [3.8, 4) is 11.1 Å². The van der Waals surface area contributed by atoms with Crippen LogP contribution in [0.3, 0.4) is 0 Å². The summed E-state index contributed by atoms with van der Waals surface area (Å²) >= 11 is 8.32. The molecule has 3 fully saturated rings. The fraction of sp³-hybridized carbons (Fsp3) is 0.464. The minimum atomic E-state index is -0.0823. The Labute approximate surface area is 232 Å². The SMILES string of the molecule is CN1CC2(CC(N3CCCc4cc(Cl)cc(-c5ccnc6cc(CN7C(=O)CCC7=O)sc56)c43)C2)C1.Cl. The number of likely N-dealkylation sites (tertiary alicyclic amines) is 2. The third kappa shape index (κ3) is 4.15. The molecule has 0 atom stereocenters. The summed E-state index contributed by atoms with van der Waals surface area (Å²) in [5.74, 6) is -0.165. The van der Waals surface area contributed by atoms with E-state index >= 15 is 0 Å². The molecule has 1 spiro atoms. The third-order valence-electron chi connectivity index (χ3n) is 8.50. The lowest BCUT2D eigenvalue weighted by atomic mass is 9.60. The second kappa shape index (κ2) is 9.23. The van der Waals surface area contributed by atoms with E-state index in [1.54, 1.807) is 11.3 Å². The molecule has 0 unspecified atom stereocenters. The number of carbonyl (C=O) groups excluding carboxylic acids is 2. The minimum absolute atomic E-state index is 0. The van der Waals surface area contributed by atoms with Crippen LogP contribution in [0.25, 0.3) is 21.3 Å². The van der Waals surface area contributed by atoms with E-state index in [9.17, 15) is 9.59 Å². The lowest BCUT2D eigenvalue weighted by molar-refractivity contribution is -0.138. The van der Waals surface area contributed by atoms with Crippen molar-refractivity contribution in [3.63, 3.8) is 0 Å². The van der Waals surface area contributed by atoms with Gasteiger partial charge in [0.2, 0.25) is 11.8 Å². The highest BCUT2D eigenvalue weighted by atomic mass is 35.5. The van der Waals surface area contributed by atoms with Gasteiger partial charge in [-0.15, -0.1) is 23.7 Å². The first-order chi connectivity index (χ1) is 17.4. The van der Waals surface area contributed by atoms with Crippen LogP contribution in [0.2, 0.25) is 5.02 Å². The molecule has 0 bridgehead atoms. The van der Waals surface area contributed by atoms with E-state index in [0.717, 1.165) is 45.1 Å². The molecule has 3 aliphatic heterocycles. The van der Waals surface area contributed by atoms with Crippen molar-refractivity contribution >= 4 is 63.1 Å². The molecule has 0 radical (unpaired) electrons. The van der Waals surface area contributed by atoms with Gasteiger partial charge in [0.25, 0.3) is 0 Å². The van der Waals surface area contributed by atoms with Crippen LogP contribution in [0.4, 0.5) is 5.69 Å². The quantitative estimate of drug-likeness (QED) is 0.395. The van der Waals surface area contributed by atoms with E-state index in [1.807, 2.05) is 12.3 Å². The van der Waals surface area contributed by atoms with E-state index in [1.165, 1.54) is 47.6 Å². The molecular weight excluding hydrogens is 527 g/mol. The molecular formula is C28H30Cl2N4O2S. The van der Waals surface area contributed by atoms with Gasteiger partial charge in [0, 0.05) is 71.4 Å². The highest BCUT2D eigenvalue weighted by Crippen LogP contribution is 2.53. The van der Waals surface area contributed by atoms with Gasteiger partial charge in [-0.3, -0.25) is 19.5 Å². The molecule has 9 heteroatoms. The number of anilines is 1. The average molecular weight is 558 g/mol. The average Bonchev–Trinajstić information content (AvgIpc) is 3.37. The van der Waals surface area contributed by atoms with Gasteiger partial charge in [-0.1, -0.05) is 11.6 Å². The van der Waals surface area contributed by atoms with Gasteiger partial charge >= 0.3 is 0 Å². The monoisotopic (exact) mass is 556 g/mol. The van der Waals surface area contributed by atoms with Crippen molar-refractivity contribution < 1.29 is 9.59 Å². The molecule has 2 amide bonds. The first-order valence-electron chi connectivity index (χ1n) is 12.9. The van der Waals surface area contributed by atoms with Gasteiger partial charge in [0.15, 0.2) is 0 Å². The number of rotatable bonds is 4. The minimum Gasteiger partial charge on any atom is -0.368 e. The van der Waals surface area contributed by atoms with E-state index in [0.29, 0.717) is 30.8 Å². The highest BCUT2D eigenvalue weighted by molar-refractivity contribution is 7.19. The molecule has 6 nitrogen and oxygen atoms in total. The van der Waals surface area contributed by atoms with Crippen molar-refractivity contribution in [1.82, 2.24) is 14.8 Å². The van der Waals surface area contributed by atoms with Gasteiger partial charge in [-0.25, -0.2) is 0 Å². The molecule has 5 heterocycles. The predicted molar refractivity (Wildman–Crippen MR) is 151 cm³/mol. The number of aryl methyl sites for hydroxylation is 1. The van der Waals surface area contributed by atoms with Gasteiger partial charge in [0.1, 0.15) is 0 Å². The Bertz CT molecular complexity index is 1390. The number of imide groups is 1. The number of halogens is 2. The Morgan fingerprint density at radius 2 is 1.84 bits per heavy atom. The van der Waals surface area contributed by atoms with E-state index in [2.05, 4.69) is 40.0 Å². The summed E-state index contributed by atoms with van der Waals surface area (Å²) in [4.78, 5) is 36.5. The van der Waals surface area contributed by atoms with Crippen LogP contribution in [-0.2, 0) is 22.6 Å². The van der Waals surface area contributed by atoms with Gasteiger partial charge in [0.05, 0.1) is 16.8 Å². The molecule has 4 aliphatic rings. The molecule has 1 aliphatic carbocycles. The number of carbonyl (C=O) groups is 2. The van der Waals surface area contributed by atoms with Crippen molar-refractivity contribution in [2.45, 2.75) is 51.1 Å². The molecule has 3 aromatic rings. The van der Waals surface area contributed by atoms with Crippen molar-refractivity contribution in [3.05, 3.63) is 45.9 Å². The molecule has 1 saturated carbocycles. The number of fused-ring (bicyclic) bond motifs is 2. The van der Waals surface area contributed by atoms with Crippen LogP contribution in [0.1, 0.15) is 42.5 Å². The molecule has 2 saturated heterocycles. The largest absolute Gasteiger partial charge is 0.368 e. The Morgan fingerprint density at radius 3 is 2.57 bits per heavy atom. The Morgan fingerprint density at radius 1 is 1.08 bits per heavy atom. The number of aromatic nitrogens is 1. The molecule has 1 aromatic carbocycles. The molecule has 7 rings (SSSR count). The fourth-order valence-electron chi connectivity index (χ4n) is 7.06. The summed E-state index contributed by atoms with van der Waals surface area (Å²) in [6, 6.07) is 8.98. The zero-order chi connectivity index (χ0) is 24.6. The second-order valence-electron chi connectivity index (χ2n) is 11.2. The maximum atomic E-state index is 12.2. The number of hydrogen-bond acceptors (Lipinski definition) is 6. The zero-order valence-electron chi connectivity index (χ0n) is 20.8. The van der Waals surface area contributed by atoms with Crippen LogP contribution in [0.5, 0.6) is 0 Å². The predicted octanol–water partition coefficient (Wildman–Crippen LogP) is 5.53. The molecule has 2 aromatic heterocycles. The summed E-state index contributed by atoms with van der Waals surface area (Å²) < 4.78 is 1.09. The van der Waals surface area contributed by atoms with Crippen LogP contribution in [0.15, 0.2) is 30.5 Å². The summed E-state index contributed by atoms with van der Waals surface area (Å²) in [6.45, 7) is 3.86. The smallest absolute Gasteiger partial charge is 0.230 e. The van der Waals surface area contributed by atoms with Gasteiger partial charge in [-0.05, 0) is 68.0 Å². The number of pyridine rings is 1. The van der Waals surface area contributed by atoms with Crippen molar-refractivity contribution in [2.75, 3.05) is 31.6 Å². The summed E-state index contributed by atoms with van der Waals surface area (Å²) in [7, 11) is 2.22. The summed E-state index contributed by atoms with van der Waals surface area (Å²) in [5, 5.41) is 0.770. The van der Waals surface area contributed by atoms with Crippen molar-refractivity contribution in [2.24, 2.45) is 5.41 Å². The van der Waals surface area contributed by atoms with Crippen LogP contribution >= 0.6 is 35.3 Å². The lowest BCUT2D eigenvalue weighted by Crippen LogP contribution is -2.65. The maximum Gasteiger partial charge on any atom is 0.230 e. The summed E-state index contributed by atoms with van der Waals surface area (Å²) in [5.41, 5.74) is 6.43. The Balaban J connectivity index is 0.00000252. The molecule has 37 heavy (non-hydrogen) atoms. The van der Waals surface area contributed by atoms with Gasteiger partial charge < -0.3 is 9.80 Å². The zero-order valence-corrected chi connectivity index (χ0v) is 23.2. The maximum absolute atomic E-state index is 12.2. The number of benzene rings is 1. The lowest BCUT2D eigenvalue weighted by Gasteiger charge is -2.61. The Hall–Kier alpha value is -2.19. The van der Waals surface area contributed by atoms with Crippen LogP contribution in [0, 0.1) is 5.41 Å². The van der Waals surface area contributed by atoms with Crippen LogP contribution in [-0.4, -0.2) is 59.3 Å². The fourth-order valence-corrected chi connectivity index (χ4v) is 8.43. The normalized spacial score (nSPS) is 21.2. The number of amides is 2.